The minimum absolute atomic E-state index is 0.0236. The Kier molecular flexibility index (Phi) is 5.68. The Labute approximate surface area is 197 Å². The predicted octanol–water partition coefficient (Wildman–Crippen LogP) is 3.98. The van der Waals surface area contributed by atoms with Crippen molar-refractivity contribution >= 4 is 22.7 Å². The van der Waals surface area contributed by atoms with Gasteiger partial charge in [-0.1, -0.05) is 32.1 Å². The van der Waals surface area contributed by atoms with Gasteiger partial charge in [0.25, 0.3) is 0 Å². The van der Waals surface area contributed by atoms with E-state index in [2.05, 4.69) is 5.32 Å². The molecule has 1 aromatic carbocycles. The van der Waals surface area contributed by atoms with Gasteiger partial charge in [-0.15, -0.1) is 0 Å². The number of para-hydroxylation sites is 1. The molecule has 7 heteroatoms. The maximum atomic E-state index is 13.6. The fraction of sp³-hybridized carbons (Fsp3) is 0.444. The molecule has 34 heavy (non-hydrogen) atoms. The third kappa shape index (κ3) is 3.98. The van der Waals surface area contributed by atoms with Gasteiger partial charge in [-0.2, -0.15) is 0 Å². The zero-order chi connectivity index (χ0) is 24.0. The van der Waals surface area contributed by atoms with Gasteiger partial charge in [0.1, 0.15) is 18.0 Å². The summed E-state index contributed by atoms with van der Waals surface area (Å²) in [6, 6.07) is 6.98. The Hall–Kier alpha value is -3.19. The summed E-state index contributed by atoms with van der Waals surface area (Å²) in [6.07, 6.45) is 5.39. The van der Waals surface area contributed by atoms with Crippen molar-refractivity contribution in [3.8, 4) is 0 Å². The van der Waals surface area contributed by atoms with E-state index in [1.165, 1.54) is 6.26 Å². The van der Waals surface area contributed by atoms with Crippen molar-refractivity contribution in [1.82, 2.24) is 5.32 Å². The molecule has 3 aliphatic rings. The summed E-state index contributed by atoms with van der Waals surface area (Å²) in [7, 11) is 0. The predicted molar refractivity (Wildman–Crippen MR) is 126 cm³/mol. The topological polar surface area (TPSA) is 94.8 Å². The number of benzene rings is 1. The van der Waals surface area contributed by atoms with Crippen LogP contribution in [0.4, 0.5) is 0 Å². The number of hydrogen-bond donors (Lipinski definition) is 1. The largest absolute Gasteiger partial charge is 0.464 e. The van der Waals surface area contributed by atoms with Crippen LogP contribution in [0.2, 0.25) is 0 Å². The molecule has 1 N–H and O–H groups in total. The van der Waals surface area contributed by atoms with Gasteiger partial charge < -0.3 is 19.2 Å². The Bertz CT molecular complexity index is 1280. The summed E-state index contributed by atoms with van der Waals surface area (Å²) in [6.45, 7) is 6.58. The summed E-state index contributed by atoms with van der Waals surface area (Å²) in [5.41, 5.74) is 1.74. The van der Waals surface area contributed by atoms with Gasteiger partial charge >= 0.3 is 5.97 Å². The molecule has 0 amide bonds. The highest BCUT2D eigenvalue weighted by atomic mass is 16.6. The second-order valence-electron chi connectivity index (χ2n) is 10.1. The lowest BCUT2D eigenvalue weighted by Gasteiger charge is -2.41. The molecule has 0 bridgehead atoms. The van der Waals surface area contributed by atoms with Crippen LogP contribution in [0.3, 0.4) is 0 Å². The third-order valence-electron chi connectivity index (χ3n) is 6.92. The molecule has 0 saturated carbocycles. The summed E-state index contributed by atoms with van der Waals surface area (Å²) < 4.78 is 17.0. The molecule has 2 aliphatic heterocycles. The molecular weight excluding hydrogens is 434 g/mol. The zero-order valence-corrected chi connectivity index (χ0v) is 19.7. The lowest BCUT2D eigenvalue weighted by atomic mass is 9.66. The van der Waals surface area contributed by atoms with Crippen molar-refractivity contribution in [3.05, 3.63) is 69.4 Å². The second-order valence-corrected chi connectivity index (χ2v) is 10.1. The van der Waals surface area contributed by atoms with Crippen molar-refractivity contribution < 1.29 is 23.5 Å². The molecule has 3 unspecified atom stereocenters. The molecular formula is C27H29NO6. The summed E-state index contributed by atoms with van der Waals surface area (Å²) in [5.74, 6) is -2.06. The number of nitrogens with one attached hydrogen (secondary N) is 1. The van der Waals surface area contributed by atoms with Gasteiger partial charge in [-0.25, -0.2) is 4.79 Å². The van der Waals surface area contributed by atoms with E-state index >= 15 is 0 Å². The first-order valence-corrected chi connectivity index (χ1v) is 11.8. The SMILES string of the molecule is CC1=C(C(=O)OCC2CCCO2)C(c2coc3ccccc3c2=O)C2C(=O)CC(C)(C)C=C2N1. The number of carbonyl (C=O) groups excluding carboxylic acids is 2. The average Bonchev–Trinajstić information content (AvgIpc) is 3.30. The van der Waals surface area contributed by atoms with Gasteiger partial charge in [0.05, 0.1) is 29.2 Å². The molecule has 3 heterocycles. The maximum Gasteiger partial charge on any atom is 0.336 e. The zero-order valence-electron chi connectivity index (χ0n) is 19.7. The molecule has 3 atom stereocenters. The summed E-state index contributed by atoms with van der Waals surface area (Å²) in [5, 5.41) is 3.69. The van der Waals surface area contributed by atoms with Crippen molar-refractivity contribution in [2.45, 2.75) is 52.1 Å². The number of carbonyl (C=O) groups is 2. The van der Waals surface area contributed by atoms with Gasteiger partial charge in [0.15, 0.2) is 5.43 Å². The first-order valence-electron chi connectivity index (χ1n) is 11.8. The van der Waals surface area contributed by atoms with E-state index in [0.717, 1.165) is 12.8 Å². The van der Waals surface area contributed by atoms with Gasteiger partial charge in [0.2, 0.25) is 0 Å². The molecule has 178 valence electrons. The second kappa shape index (κ2) is 8.55. The Morgan fingerprint density at radius 3 is 2.76 bits per heavy atom. The van der Waals surface area contributed by atoms with Crippen LogP contribution in [0, 0.1) is 11.3 Å². The molecule has 7 nitrogen and oxygen atoms in total. The van der Waals surface area contributed by atoms with E-state index in [4.69, 9.17) is 13.9 Å². The van der Waals surface area contributed by atoms with Crippen molar-refractivity contribution in [1.29, 1.82) is 0 Å². The van der Waals surface area contributed by atoms with E-state index < -0.39 is 17.8 Å². The third-order valence-corrected chi connectivity index (χ3v) is 6.92. The number of rotatable bonds is 4. The first-order chi connectivity index (χ1) is 16.2. The number of Topliss-reactive ketones (excluding diaryl/α,β-unsaturated/α-hetero) is 1. The lowest BCUT2D eigenvalue weighted by Crippen LogP contribution is -2.44. The number of esters is 1. The number of ketones is 1. The Morgan fingerprint density at radius 2 is 2.00 bits per heavy atom. The highest BCUT2D eigenvalue weighted by Crippen LogP contribution is 2.46. The van der Waals surface area contributed by atoms with Crippen LogP contribution in [0.1, 0.15) is 51.5 Å². The van der Waals surface area contributed by atoms with Crippen LogP contribution in [0.15, 0.2) is 62.8 Å². The number of allylic oxidation sites excluding steroid dienone is 3. The smallest absolute Gasteiger partial charge is 0.336 e. The lowest BCUT2D eigenvalue weighted by molar-refractivity contribution is -0.143. The first kappa shape index (κ1) is 22.6. The number of ether oxygens (including phenoxy) is 2. The maximum absolute atomic E-state index is 13.6. The minimum Gasteiger partial charge on any atom is -0.464 e. The quantitative estimate of drug-likeness (QED) is 0.686. The van der Waals surface area contributed by atoms with Crippen LogP contribution in [0.25, 0.3) is 11.0 Å². The van der Waals surface area contributed by atoms with Crippen LogP contribution < -0.4 is 10.7 Å². The van der Waals surface area contributed by atoms with E-state index in [1.807, 2.05) is 19.9 Å². The molecule has 1 aromatic heterocycles. The van der Waals surface area contributed by atoms with E-state index in [-0.39, 0.29) is 40.5 Å². The average molecular weight is 464 g/mol. The fourth-order valence-corrected chi connectivity index (χ4v) is 5.40. The molecule has 1 fully saturated rings. The van der Waals surface area contributed by atoms with Gasteiger partial charge in [-0.05, 0) is 37.3 Å². The molecule has 1 saturated heterocycles. The van der Waals surface area contributed by atoms with Crippen LogP contribution in [0.5, 0.6) is 0 Å². The monoisotopic (exact) mass is 463 g/mol. The summed E-state index contributed by atoms with van der Waals surface area (Å²) >= 11 is 0. The molecule has 5 rings (SSSR count). The fourth-order valence-electron chi connectivity index (χ4n) is 5.40. The molecule has 0 spiro atoms. The minimum atomic E-state index is -0.797. The molecule has 2 aromatic rings. The highest BCUT2D eigenvalue weighted by molar-refractivity contribution is 5.96. The van der Waals surface area contributed by atoms with Gasteiger partial charge in [0, 0.05) is 35.9 Å². The normalized spacial score (nSPS) is 26.1. The standard InChI is InChI=1S/C27H29NO6/c1-15-22(26(31)34-13-16-7-6-10-32-16)23(24-19(28-15)11-27(2,3)12-20(24)29)18-14-33-21-9-5-4-8-17(21)25(18)30/h4-5,8-9,11,14,16,23-24,28H,6-7,10,12-13H2,1-3H3. The van der Waals surface area contributed by atoms with Crippen molar-refractivity contribution in [2.24, 2.45) is 11.3 Å². The van der Waals surface area contributed by atoms with Crippen LogP contribution in [-0.2, 0) is 19.1 Å². The van der Waals surface area contributed by atoms with Crippen LogP contribution >= 0.6 is 0 Å². The Morgan fingerprint density at radius 1 is 1.21 bits per heavy atom. The number of hydrogen-bond acceptors (Lipinski definition) is 7. The molecule has 1 aliphatic carbocycles. The van der Waals surface area contributed by atoms with Crippen molar-refractivity contribution in [3.63, 3.8) is 0 Å². The van der Waals surface area contributed by atoms with E-state index in [0.29, 0.717) is 35.4 Å². The molecule has 0 radical (unpaired) electrons. The Balaban J connectivity index is 1.63. The number of fused-ring (bicyclic) bond motifs is 2. The van der Waals surface area contributed by atoms with Crippen molar-refractivity contribution in [2.75, 3.05) is 13.2 Å². The van der Waals surface area contributed by atoms with E-state index in [1.54, 1.807) is 31.2 Å². The summed E-state index contributed by atoms with van der Waals surface area (Å²) in [4.78, 5) is 40.4. The highest BCUT2D eigenvalue weighted by Gasteiger charge is 2.47. The van der Waals surface area contributed by atoms with Crippen LogP contribution in [-0.4, -0.2) is 31.1 Å². The van der Waals surface area contributed by atoms with E-state index in [9.17, 15) is 14.4 Å². The van der Waals surface area contributed by atoms with Gasteiger partial charge in [-0.3, -0.25) is 9.59 Å².